The zero-order chi connectivity index (χ0) is 26.1. The van der Waals surface area contributed by atoms with Crippen LogP contribution >= 0.6 is 7.82 Å². The first kappa shape index (κ1) is 26.6. The van der Waals surface area contributed by atoms with Crippen molar-refractivity contribution in [2.24, 2.45) is 0 Å². The Kier molecular flexibility index (Phi) is 7.29. The second-order valence-electron chi connectivity index (χ2n) is 6.49. The van der Waals surface area contributed by atoms with Gasteiger partial charge in [0.25, 0.3) is 30.4 Å². The van der Waals surface area contributed by atoms with Gasteiger partial charge in [-0.3, -0.25) is 13.7 Å². The number of phosphoric ester groups is 1. The lowest BCUT2D eigenvalue weighted by Gasteiger charge is -2.21. The molecular formula is C18H15O13PS3. The summed E-state index contributed by atoms with van der Waals surface area (Å²) in [6.07, 6.45) is 0. The minimum absolute atomic E-state index is 0.785. The van der Waals surface area contributed by atoms with E-state index in [2.05, 4.69) is 0 Å². The smallest absolute Gasteiger partial charge is 0.384 e. The van der Waals surface area contributed by atoms with Crippen LogP contribution in [0.3, 0.4) is 0 Å². The van der Waals surface area contributed by atoms with Gasteiger partial charge in [0, 0.05) is 0 Å². The third-order valence-electron chi connectivity index (χ3n) is 4.01. The SMILES string of the molecule is O=P(Oc1ccccc1S(=O)(=O)O)(Oc1ccccc1S(=O)(=O)O)Oc1ccccc1S(=O)(=O)O. The first-order chi connectivity index (χ1) is 16.1. The maximum atomic E-state index is 13.7. The van der Waals surface area contributed by atoms with Gasteiger partial charge in [0.15, 0.2) is 17.2 Å². The van der Waals surface area contributed by atoms with Crippen molar-refractivity contribution in [2.75, 3.05) is 0 Å². The van der Waals surface area contributed by atoms with E-state index in [4.69, 9.17) is 13.6 Å². The van der Waals surface area contributed by atoms with Crippen molar-refractivity contribution in [1.82, 2.24) is 0 Å². The number of hydrogen-bond acceptors (Lipinski definition) is 10. The summed E-state index contributed by atoms with van der Waals surface area (Å²) in [6, 6.07) is 12.6. The third kappa shape index (κ3) is 6.58. The minimum Gasteiger partial charge on any atom is -0.384 e. The fourth-order valence-electron chi connectivity index (χ4n) is 2.63. The number of rotatable bonds is 9. The molecule has 0 atom stereocenters. The van der Waals surface area contributed by atoms with Crippen LogP contribution in [0.15, 0.2) is 87.5 Å². The zero-order valence-corrected chi connectivity index (χ0v) is 20.4. The molecule has 0 radical (unpaired) electrons. The molecule has 0 aliphatic rings. The molecule has 0 amide bonds. The van der Waals surface area contributed by atoms with Crippen molar-refractivity contribution >= 4 is 38.2 Å². The molecular weight excluding hydrogens is 551 g/mol. The van der Waals surface area contributed by atoms with Crippen LogP contribution in [0.1, 0.15) is 0 Å². The molecule has 3 N–H and O–H groups in total. The maximum absolute atomic E-state index is 13.7. The average Bonchev–Trinajstić information content (AvgIpc) is 2.72. The van der Waals surface area contributed by atoms with E-state index in [0.717, 1.165) is 36.4 Å². The summed E-state index contributed by atoms with van der Waals surface area (Å²) in [7, 11) is -20.1. The van der Waals surface area contributed by atoms with Gasteiger partial charge in [-0.25, -0.2) is 0 Å². The molecule has 3 rings (SSSR count). The minimum atomic E-state index is -5.30. The molecule has 0 aliphatic heterocycles. The largest absolute Gasteiger partial charge is 0.647 e. The van der Waals surface area contributed by atoms with Crippen LogP contribution in [0, 0.1) is 0 Å². The van der Waals surface area contributed by atoms with E-state index < -0.39 is 70.1 Å². The Bertz CT molecular complexity index is 1440. The number of benzene rings is 3. The van der Waals surface area contributed by atoms with Crippen molar-refractivity contribution in [2.45, 2.75) is 14.7 Å². The lowest BCUT2D eigenvalue weighted by Crippen LogP contribution is -2.13. The van der Waals surface area contributed by atoms with Gasteiger partial charge in [0.1, 0.15) is 14.7 Å². The normalized spacial score (nSPS) is 12.7. The molecule has 0 aromatic heterocycles. The van der Waals surface area contributed by atoms with E-state index >= 15 is 0 Å². The lowest BCUT2D eigenvalue weighted by atomic mass is 10.3. The van der Waals surface area contributed by atoms with Gasteiger partial charge in [0.05, 0.1) is 0 Å². The molecule has 3 aromatic rings. The van der Waals surface area contributed by atoms with Crippen molar-refractivity contribution in [3.63, 3.8) is 0 Å². The van der Waals surface area contributed by atoms with Gasteiger partial charge < -0.3 is 13.6 Å². The second-order valence-corrected chi connectivity index (χ2v) is 12.1. The summed E-state index contributed by atoms with van der Waals surface area (Å²) in [5.41, 5.74) is 0. The second kappa shape index (κ2) is 9.58. The van der Waals surface area contributed by atoms with Crippen LogP contribution in [0.25, 0.3) is 0 Å². The predicted molar refractivity (Wildman–Crippen MR) is 118 cm³/mol. The van der Waals surface area contributed by atoms with Crippen LogP contribution in [0.4, 0.5) is 0 Å². The topological polar surface area (TPSA) is 208 Å². The number of phosphoric acid groups is 1. The molecule has 0 saturated heterocycles. The summed E-state index contributed by atoms with van der Waals surface area (Å²) in [6.45, 7) is 0. The van der Waals surface area contributed by atoms with Gasteiger partial charge in [-0.15, -0.1) is 0 Å². The van der Waals surface area contributed by atoms with Gasteiger partial charge in [0.2, 0.25) is 0 Å². The van der Waals surface area contributed by atoms with E-state index in [1.165, 1.54) is 36.4 Å². The highest BCUT2D eigenvalue weighted by Crippen LogP contribution is 2.52. The highest BCUT2D eigenvalue weighted by molar-refractivity contribution is 7.86. The van der Waals surface area contributed by atoms with E-state index in [1.807, 2.05) is 0 Å². The molecule has 0 saturated carbocycles. The van der Waals surface area contributed by atoms with Gasteiger partial charge in [-0.05, 0) is 36.4 Å². The molecule has 13 nitrogen and oxygen atoms in total. The number of para-hydroxylation sites is 3. The monoisotopic (exact) mass is 566 g/mol. The average molecular weight is 566 g/mol. The van der Waals surface area contributed by atoms with Gasteiger partial charge in [-0.1, -0.05) is 36.4 Å². The van der Waals surface area contributed by atoms with Gasteiger partial charge in [-0.2, -0.15) is 29.8 Å². The molecule has 3 aromatic carbocycles. The summed E-state index contributed by atoms with van der Waals surface area (Å²) >= 11 is 0. The van der Waals surface area contributed by atoms with Crippen LogP contribution in [-0.2, 0) is 34.9 Å². The van der Waals surface area contributed by atoms with Crippen LogP contribution in [-0.4, -0.2) is 38.9 Å². The Hall–Kier alpha value is -2.98. The molecule has 0 fully saturated rings. The maximum Gasteiger partial charge on any atom is 0.647 e. The van der Waals surface area contributed by atoms with Crippen LogP contribution in [0.2, 0.25) is 0 Å². The lowest BCUT2D eigenvalue weighted by molar-refractivity contribution is 0.290. The summed E-state index contributed by atoms with van der Waals surface area (Å²) in [5, 5.41) is 0. The third-order valence-corrected chi connectivity index (χ3v) is 7.95. The van der Waals surface area contributed by atoms with E-state index in [1.54, 1.807) is 0 Å². The Morgan fingerprint density at radius 2 is 0.714 bits per heavy atom. The van der Waals surface area contributed by atoms with Crippen LogP contribution < -0.4 is 13.6 Å². The predicted octanol–water partition coefficient (Wildman–Crippen LogP) is 3.07. The molecule has 35 heavy (non-hydrogen) atoms. The van der Waals surface area contributed by atoms with Gasteiger partial charge >= 0.3 is 7.82 Å². The summed E-state index contributed by atoms with van der Waals surface area (Å²) in [4.78, 5) is -2.67. The molecule has 0 heterocycles. The summed E-state index contributed by atoms with van der Waals surface area (Å²) in [5.74, 6) is -2.36. The van der Waals surface area contributed by atoms with Crippen molar-refractivity contribution < 1.29 is 57.0 Å². The first-order valence-corrected chi connectivity index (χ1v) is 14.8. The molecule has 0 spiro atoms. The Labute approximate surface area is 199 Å². The molecule has 17 heteroatoms. The van der Waals surface area contributed by atoms with Crippen molar-refractivity contribution in [1.29, 1.82) is 0 Å². The first-order valence-electron chi connectivity index (χ1n) is 8.98. The van der Waals surface area contributed by atoms with Crippen LogP contribution in [0.5, 0.6) is 17.2 Å². The quantitative estimate of drug-likeness (QED) is 0.252. The van der Waals surface area contributed by atoms with E-state index in [-0.39, 0.29) is 0 Å². The Morgan fingerprint density at radius 1 is 0.486 bits per heavy atom. The van der Waals surface area contributed by atoms with Crippen molar-refractivity contribution in [3.05, 3.63) is 72.8 Å². The number of hydrogen-bond donors (Lipinski definition) is 3. The molecule has 0 unspecified atom stereocenters. The van der Waals surface area contributed by atoms with E-state index in [0.29, 0.717) is 0 Å². The highest BCUT2D eigenvalue weighted by Gasteiger charge is 2.38. The highest BCUT2D eigenvalue weighted by atomic mass is 32.2. The van der Waals surface area contributed by atoms with E-state index in [9.17, 15) is 43.5 Å². The Morgan fingerprint density at radius 3 is 0.943 bits per heavy atom. The fraction of sp³-hybridized carbons (Fsp3) is 0. The zero-order valence-electron chi connectivity index (χ0n) is 17.0. The molecule has 188 valence electrons. The summed E-state index contributed by atoms with van der Waals surface area (Å²) < 4.78 is 128. The molecule has 0 aliphatic carbocycles. The standard InChI is InChI=1S/C18H15O13PS3/c19-32(29-13-7-1-4-10-16(13)33(20,21)22,30-14-8-2-5-11-17(14)34(23,24)25)31-15-9-3-6-12-18(15)35(26,27)28/h1-12H,(H,20,21,22)(H,23,24,25)(H,26,27,28). The Balaban J connectivity index is 2.20. The van der Waals surface area contributed by atoms with Crippen molar-refractivity contribution in [3.8, 4) is 17.2 Å². The fourth-order valence-corrected chi connectivity index (χ4v) is 5.97. The molecule has 0 bridgehead atoms.